The highest BCUT2D eigenvalue weighted by Gasteiger charge is 2.33. The molecule has 1 unspecified atom stereocenters. The van der Waals surface area contributed by atoms with E-state index in [9.17, 15) is 9.59 Å². The van der Waals surface area contributed by atoms with Crippen LogP contribution in [0.1, 0.15) is 29.0 Å². The summed E-state index contributed by atoms with van der Waals surface area (Å²) in [5, 5.41) is 14.3. The predicted molar refractivity (Wildman–Crippen MR) is 73.2 cm³/mol. The van der Waals surface area contributed by atoms with Gasteiger partial charge in [0.1, 0.15) is 0 Å². The van der Waals surface area contributed by atoms with E-state index in [1.165, 1.54) is 4.88 Å². The van der Waals surface area contributed by atoms with Crippen molar-refractivity contribution < 1.29 is 14.7 Å². The van der Waals surface area contributed by atoms with Crippen molar-refractivity contribution in [1.82, 2.24) is 10.6 Å². The topological polar surface area (TPSA) is 78.4 Å². The molecule has 0 saturated heterocycles. The van der Waals surface area contributed by atoms with Crippen molar-refractivity contribution >= 4 is 23.3 Å². The van der Waals surface area contributed by atoms with E-state index in [0.717, 1.165) is 17.7 Å². The second-order valence-electron chi connectivity index (χ2n) is 4.88. The van der Waals surface area contributed by atoms with E-state index in [1.807, 2.05) is 19.1 Å². The van der Waals surface area contributed by atoms with Crippen molar-refractivity contribution in [3.8, 4) is 0 Å². The maximum Gasteiger partial charge on any atom is 0.315 e. The van der Waals surface area contributed by atoms with Gasteiger partial charge in [0.05, 0.1) is 13.0 Å². The van der Waals surface area contributed by atoms with Crippen molar-refractivity contribution in [3.05, 3.63) is 21.9 Å². The Hall–Kier alpha value is -1.56. The average molecular weight is 282 g/mol. The molecular formula is C13H18N2O3S. The molecule has 6 heteroatoms. The Morgan fingerprint density at radius 1 is 1.47 bits per heavy atom. The second-order valence-corrected chi connectivity index (χ2v) is 6.25. The molecule has 1 aromatic rings. The number of amides is 2. The number of thiophene rings is 1. The Morgan fingerprint density at radius 2 is 2.21 bits per heavy atom. The van der Waals surface area contributed by atoms with Gasteiger partial charge in [-0.05, 0) is 37.8 Å². The minimum atomic E-state index is -0.869. The lowest BCUT2D eigenvalue weighted by molar-refractivity contribution is -0.137. The molecule has 19 heavy (non-hydrogen) atoms. The third kappa shape index (κ3) is 4.55. The standard InChI is InChI=1S/C13H18N2O3S/c1-8-2-5-10(19-8)7-14-13(18)15-11(6-12(16)17)9-3-4-9/h2,5,9,11H,3-4,6-7H2,1H3,(H,16,17)(H2,14,15,18). The molecule has 1 atom stereocenters. The van der Waals surface area contributed by atoms with Gasteiger partial charge in [0.25, 0.3) is 0 Å². The Balaban J connectivity index is 1.77. The zero-order valence-electron chi connectivity index (χ0n) is 10.8. The third-order valence-electron chi connectivity index (χ3n) is 3.12. The first-order valence-corrected chi connectivity index (χ1v) is 7.17. The van der Waals surface area contributed by atoms with Gasteiger partial charge in [0, 0.05) is 15.8 Å². The van der Waals surface area contributed by atoms with Gasteiger partial charge in [-0.25, -0.2) is 4.79 Å². The molecule has 0 aromatic carbocycles. The Labute approximate surface area is 116 Å². The molecule has 1 heterocycles. The summed E-state index contributed by atoms with van der Waals surface area (Å²) in [7, 11) is 0. The van der Waals surface area contributed by atoms with Crippen LogP contribution in [0.3, 0.4) is 0 Å². The maximum absolute atomic E-state index is 11.7. The molecule has 0 radical (unpaired) electrons. The molecule has 3 N–H and O–H groups in total. The number of carbonyl (C=O) groups is 2. The molecule has 1 aliphatic rings. The molecule has 5 nitrogen and oxygen atoms in total. The number of carboxylic acids is 1. The van der Waals surface area contributed by atoms with Crippen molar-refractivity contribution in [2.45, 2.75) is 38.8 Å². The molecular weight excluding hydrogens is 264 g/mol. The molecule has 1 aliphatic carbocycles. The fourth-order valence-corrected chi connectivity index (χ4v) is 2.82. The van der Waals surface area contributed by atoms with Crippen LogP contribution in [0.4, 0.5) is 4.79 Å². The number of urea groups is 1. The van der Waals surface area contributed by atoms with Gasteiger partial charge in [-0.1, -0.05) is 0 Å². The predicted octanol–water partition coefficient (Wildman–Crippen LogP) is 2.11. The van der Waals surface area contributed by atoms with Crippen LogP contribution in [0, 0.1) is 12.8 Å². The van der Waals surface area contributed by atoms with Crippen LogP contribution in [-0.2, 0) is 11.3 Å². The Kier molecular flexibility index (Phi) is 4.42. The van der Waals surface area contributed by atoms with E-state index < -0.39 is 5.97 Å². The summed E-state index contributed by atoms with van der Waals surface area (Å²) in [5.41, 5.74) is 0. The van der Waals surface area contributed by atoms with Crippen LogP contribution < -0.4 is 10.6 Å². The number of aryl methyl sites for hydroxylation is 1. The average Bonchev–Trinajstić information content (AvgIpc) is 3.09. The number of carbonyl (C=O) groups excluding carboxylic acids is 1. The molecule has 104 valence electrons. The molecule has 0 aliphatic heterocycles. The molecule has 0 bridgehead atoms. The van der Waals surface area contributed by atoms with Crippen molar-refractivity contribution in [2.75, 3.05) is 0 Å². The van der Waals surface area contributed by atoms with E-state index >= 15 is 0 Å². The van der Waals surface area contributed by atoms with E-state index in [1.54, 1.807) is 11.3 Å². The van der Waals surface area contributed by atoms with Gasteiger partial charge in [0.2, 0.25) is 0 Å². The zero-order valence-corrected chi connectivity index (χ0v) is 11.6. The van der Waals surface area contributed by atoms with Crippen molar-refractivity contribution in [3.63, 3.8) is 0 Å². The smallest absolute Gasteiger partial charge is 0.315 e. The minimum Gasteiger partial charge on any atom is -0.481 e. The van der Waals surface area contributed by atoms with Gasteiger partial charge in [-0.15, -0.1) is 11.3 Å². The lowest BCUT2D eigenvalue weighted by atomic mass is 10.1. The minimum absolute atomic E-state index is 0.00377. The normalized spacial score (nSPS) is 15.8. The Morgan fingerprint density at radius 3 is 2.74 bits per heavy atom. The molecule has 1 aromatic heterocycles. The van der Waals surface area contributed by atoms with Gasteiger partial charge in [0.15, 0.2) is 0 Å². The summed E-state index contributed by atoms with van der Waals surface area (Å²) in [5.74, 6) is -0.545. The molecule has 0 spiro atoms. The fraction of sp³-hybridized carbons (Fsp3) is 0.538. The first kappa shape index (κ1) is 13.9. The summed E-state index contributed by atoms with van der Waals surface area (Å²) < 4.78 is 0. The maximum atomic E-state index is 11.7. The van der Waals surface area contributed by atoms with Crippen LogP contribution in [0.15, 0.2) is 12.1 Å². The second kappa shape index (κ2) is 6.06. The van der Waals surface area contributed by atoms with Gasteiger partial charge >= 0.3 is 12.0 Å². The number of carboxylic acid groups (broad SMARTS) is 1. The van der Waals surface area contributed by atoms with Crippen molar-refractivity contribution in [2.24, 2.45) is 5.92 Å². The molecule has 1 saturated carbocycles. The lowest BCUT2D eigenvalue weighted by Crippen LogP contribution is -2.43. The fourth-order valence-electron chi connectivity index (χ4n) is 1.99. The lowest BCUT2D eigenvalue weighted by Gasteiger charge is -2.16. The van der Waals surface area contributed by atoms with Crippen LogP contribution >= 0.6 is 11.3 Å². The SMILES string of the molecule is Cc1ccc(CNC(=O)NC(CC(=O)O)C2CC2)s1. The van der Waals surface area contributed by atoms with Crippen LogP contribution in [0.25, 0.3) is 0 Å². The summed E-state index contributed by atoms with van der Waals surface area (Å²) in [6, 6.07) is 3.46. The summed E-state index contributed by atoms with van der Waals surface area (Å²) >= 11 is 1.64. The molecule has 2 rings (SSSR count). The zero-order chi connectivity index (χ0) is 13.8. The van der Waals surface area contributed by atoms with Gasteiger partial charge in [-0.2, -0.15) is 0 Å². The third-order valence-corrected chi connectivity index (χ3v) is 4.12. The first-order valence-electron chi connectivity index (χ1n) is 6.36. The summed E-state index contributed by atoms with van der Waals surface area (Å²) in [4.78, 5) is 24.8. The number of hydrogen-bond donors (Lipinski definition) is 3. The quantitative estimate of drug-likeness (QED) is 0.747. The number of rotatable bonds is 6. The van der Waals surface area contributed by atoms with Crippen molar-refractivity contribution in [1.29, 1.82) is 0 Å². The van der Waals surface area contributed by atoms with E-state index in [0.29, 0.717) is 12.5 Å². The molecule has 2 amide bonds. The largest absolute Gasteiger partial charge is 0.481 e. The van der Waals surface area contributed by atoms with Gasteiger partial charge < -0.3 is 15.7 Å². The van der Waals surface area contributed by atoms with Crippen LogP contribution in [0.2, 0.25) is 0 Å². The van der Waals surface area contributed by atoms with E-state index in [2.05, 4.69) is 10.6 Å². The summed E-state index contributed by atoms with van der Waals surface area (Å²) in [6.07, 6.45) is 2.00. The number of aliphatic carboxylic acids is 1. The van der Waals surface area contributed by atoms with E-state index in [4.69, 9.17) is 5.11 Å². The number of hydrogen-bond acceptors (Lipinski definition) is 3. The number of nitrogens with one attached hydrogen (secondary N) is 2. The first-order chi connectivity index (χ1) is 9.04. The van der Waals surface area contributed by atoms with E-state index in [-0.39, 0.29) is 18.5 Å². The summed E-state index contributed by atoms with van der Waals surface area (Å²) in [6.45, 7) is 2.50. The molecule has 1 fully saturated rings. The highest BCUT2D eigenvalue weighted by atomic mass is 32.1. The monoisotopic (exact) mass is 282 g/mol. The van der Waals surface area contributed by atoms with Crippen LogP contribution in [0.5, 0.6) is 0 Å². The van der Waals surface area contributed by atoms with Crippen LogP contribution in [-0.4, -0.2) is 23.1 Å². The van der Waals surface area contributed by atoms with Gasteiger partial charge in [-0.3, -0.25) is 4.79 Å². The Bertz CT molecular complexity index is 468. The highest BCUT2D eigenvalue weighted by molar-refractivity contribution is 7.11. The highest BCUT2D eigenvalue weighted by Crippen LogP contribution is 2.33.